The standard InChI is InChI=1S/C6H9IO2/c1-5(7)3-6(4-8)9-2/h3-4,6H,1-2H3/b5-3+/t6-/m1/s1. The van der Waals surface area contributed by atoms with Crippen LogP contribution in [0.15, 0.2) is 9.66 Å². The number of hydrogen-bond acceptors (Lipinski definition) is 2. The largest absolute Gasteiger partial charge is 0.370 e. The molecule has 0 heterocycles. The zero-order chi connectivity index (χ0) is 7.28. The highest BCUT2D eigenvalue weighted by atomic mass is 127. The number of aldehydes is 1. The maximum Gasteiger partial charge on any atom is 0.152 e. The molecule has 0 saturated carbocycles. The van der Waals surface area contributed by atoms with E-state index in [-0.39, 0.29) is 6.10 Å². The molecule has 0 aromatic carbocycles. The van der Waals surface area contributed by atoms with Gasteiger partial charge in [-0.2, -0.15) is 0 Å². The summed E-state index contributed by atoms with van der Waals surface area (Å²) in [6, 6.07) is 0. The second-order valence-electron chi connectivity index (χ2n) is 1.59. The molecule has 0 aliphatic rings. The number of carbonyl (C=O) groups excluding carboxylic acids is 1. The smallest absolute Gasteiger partial charge is 0.152 e. The molecule has 0 aromatic rings. The number of methoxy groups -OCH3 is 1. The number of allylic oxidation sites excluding steroid dienone is 1. The lowest BCUT2D eigenvalue weighted by atomic mass is 10.3. The van der Waals surface area contributed by atoms with Gasteiger partial charge >= 0.3 is 0 Å². The van der Waals surface area contributed by atoms with Gasteiger partial charge in [0.2, 0.25) is 0 Å². The fourth-order valence-corrected chi connectivity index (χ4v) is 0.744. The predicted molar refractivity (Wildman–Crippen MR) is 44.6 cm³/mol. The van der Waals surface area contributed by atoms with Crippen molar-refractivity contribution in [2.45, 2.75) is 13.0 Å². The van der Waals surface area contributed by atoms with E-state index in [0.717, 1.165) is 9.87 Å². The topological polar surface area (TPSA) is 26.3 Å². The van der Waals surface area contributed by atoms with Crippen molar-refractivity contribution in [2.24, 2.45) is 0 Å². The van der Waals surface area contributed by atoms with Crippen LogP contribution in [0.3, 0.4) is 0 Å². The van der Waals surface area contributed by atoms with Gasteiger partial charge in [-0.15, -0.1) is 0 Å². The van der Waals surface area contributed by atoms with Gasteiger partial charge in [-0.1, -0.05) is 0 Å². The van der Waals surface area contributed by atoms with Crippen LogP contribution < -0.4 is 0 Å². The average Bonchev–Trinajstić information content (AvgIpc) is 1.82. The van der Waals surface area contributed by atoms with E-state index in [1.165, 1.54) is 7.11 Å². The summed E-state index contributed by atoms with van der Waals surface area (Å²) >= 11 is 2.13. The van der Waals surface area contributed by atoms with Crippen LogP contribution >= 0.6 is 22.6 Å². The first-order valence-corrected chi connectivity index (χ1v) is 3.60. The van der Waals surface area contributed by atoms with Crippen molar-refractivity contribution in [2.75, 3.05) is 7.11 Å². The van der Waals surface area contributed by atoms with Crippen molar-refractivity contribution in [1.29, 1.82) is 0 Å². The van der Waals surface area contributed by atoms with Crippen molar-refractivity contribution in [3.05, 3.63) is 9.66 Å². The summed E-state index contributed by atoms with van der Waals surface area (Å²) in [5.41, 5.74) is 0. The summed E-state index contributed by atoms with van der Waals surface area (Å²) < 4.78 is 5.82. The normalized spacial score (nSPS) is 15.2. The average molecular weight is 240 g/mol. The van der Waals surface area contributed by atoms with Crippen LogP contribution in [0.4, 0.5) is 0 Å². The van der Waals surface area contributed by atoms with Gasteiger partial charge in [0, 0.05) is 7.11 Å². The summed E-state index contributed by atoms with van der Waals surface area (Å²) in [5.74, 6) is 0. The van der Waals surface area contributed by atoms with Gasteiger partial charge in [0.05, 0.1) is 0 Å². The minimum Gasteiger partial charge on any atom is -0.370 e. The predicted octanol–water partition coefficient (Wildman–Crippen LogP) is 1.54. The summed E-state index contributed by atoms with van der Waals surface area (Å²) in [6.45, 7) is 1.91. The Labute approximate surface area is 68.4 Å². The van der Waals surface area contributed by atoms with E-state index < -0.39 is 0 Å². The third-order valence-electron chi connectivity index (χ3n) is 0.800. The van der Waals surface area contributed by atoms with Crippen molar-refractivity contribution in [3.63, 3.8) is 0 Å². The van der Waals surface area contributed by atoms with E-state index in [4.69, 9.17) is 4.74 Å². The van der Waals surface area contributed by atoms with Gasteiger partial charge in [-0.25, -0.2) is 0 Å². The highest BCUT2D eigenvalue weighted by Gasteiger charge is 1.97. The van der Waals surface area contributed by atoms with Crippen LogP contribution in [0.25, 0.3) is 0 Å². The summed E-state index contributed by atoms with van der Waals surface area (Å²) in [5, 5.41) is 0. The molecule has 0 saturated heterocycles. The summed E-state index contributed by atoms with van der Waals surface area (Å²) in [4.78, 5) is 10.1. The number of rotatable bonds is 3. The lowest BCUT2D eigenvalue weighted by Crippen LogP contribution is -2.07. The zero-order valence-electron chi connectivity index (χ0n) is 5.43. The molecular formula is C6H9IO2. The van der Waals surface area contributed by atoms with Gasteiger partial charge < -0.3 is 9.53 Å². The lowest BCUT2D eigenvalue weighted by molar-refractivity contribution is -0.114. The molecule has 0 rings (SSSR count). The summed E-state index contributed by atoms with van der Waals surface area (Å²) in [6.07, 6.45) is 2.15. The Morgan fingerprint density at radius 2 is 2.33 bits per heavy atom. The minimum absolute atomic E-state index is 0.373. The van der Waals surface area contributed by atoms with E-state index >= 15 is 0 Å². The van der Waals surface area contributed by atoms with Crippen LogP contribution in [0.2, 0.25) is 0 Å². The minimum atomic E-state index is -0.373. The van der Waals surface area contributed by atoms with Crippen LogP contribution in [-0.2, 0) is 9.53 Å². The van der Waals surface area contributed by atoms with Gasteiger partial charge in [-0.05, 0) is 39.2 Å². The third kappa shape index (κ3) is 4.59. The Hall–Kier alpha value is 0.100. The lowest BCUT2D eigenvalue weighted by Gasteiger charge is -1.99. The van der Waals surface area contributed by atoms with E-state index in [1.807, 2.05) is 6.92 Å². The van der Waals surface area contributed by atoms with E-state index in [1.54, 1.807) is 6.08 Å². The highest BCUT2D eigenvalue weighted by molar-refractivity contribution is 14.1. The number of hydrogen-bond donors (Lipinski definition) is 0. The van der Waals surface area contributed by atoms with Crippen LogP contribution in [0, 0.1) is 0 Å². The maximum absolute atomic E-state index is 10.1. The van der Waals surface area contributed by atoms with Crippen molar-refractivity contribution in [3.8, 4) is 0 Å². The molecule has 0 aliphatic carbocycles. The first kappa shape index (κ1) is 9.10. The highest BCUT2D eigenvalue weighted by Crippen LogP contribution is 2.04. The third-order valence-corrected chi connectivity index (χ3v) is 1.16. The van der Waals surface area contributed by atoms with E-state index in [2.05, 4.69) is 22.6 Å². The molecule has 9 heavy (non-hydrogen) atoms. The fraction of sp³-hybridized carbons (Fsp3) is 0.500. The molecule has 52 valence electrons. The Bertz CT molecular complexity index is 116. The Kier molecular flexibility index (Phi) is 4.99. The molecule has 0 aliphatic heterocycles. The molecule has 1 atom stereocenters. The zero-order valence-corrected chi connectivity index (χ0v) is 7.58. The van der Waals surface area contributed by atoms with Crippen LogP contribution in [-0.4, -0.2) is 19.5 Å². The molecular weight excluding hydrogens is 231 g/mol. The molecule has 0 amide bonds. The van der Waals surface area contributed by atoms with E-state index in [0.29, 0.717) is 0 Å². The Balaban J connectivity index is 3.82. The molecule has 0 unspecified atom stereocenters. The van der Waals surface area contributed by atoms with Gasteiger partial charge in [-0.3, -0.25) is 0 Å². The van der Waals surface area contributed by atoms with Crippen molar-refractivity contribution >= 4 is 28.9 Å². The monoisotopic (exact) mass is 240 g/mol. The molecule has 3 heteroatoms. The maximum atomic E-state index is 10.1. The second-order valence-corrected chi connectivity index (χ2v) is 3.29. The quantitative estimate of drug-likeness (QED) is 0.552. The fourth-order valence-electron chi connectivity index (χ4n) is 0.389. The second kappa shape index (κ2) is 4.93. The van der Waals surface area contributed by atoms with Gasteiger partial charge in [0.25, 0.3) is 0 Å². The molecule has 0 fully saturated rings. The Morgan fingerprint density at radius 1 is 1.78 bits per heavy atom. The number of carbonyl (C=O) groups is 1. The van der Waals surface area contributed by atoms with Gasteiger partial charge in [0.1, 0.15) is 6.10 Å². The summed E-state index contributed by atoms with van der Waals surface area (Å²) in [7, 11) is 1.51. The van der Waals surface area contributed by atoms with Crippen LogP contribution in [0.1, 0.15) is 6.92 Å². The van der Waals surface area contributed by atoms with E-state index in [9.17, 15) is 4.79 Å². The molecule has 2 nitrogen and oxygen atoms in total. The van der Waals surface area contributed by atoms with Crippen molar-refractivity contribution < 1.29 is 9.53 Å². The molecule has 0 N–H and O–H groups in total. The number of halogens is 1. The molecule has 0 spiro atoms. The van der Waals surface area contributed by atoms with Crippen molar-refractivity contribution in [1.82, 2.24) is 0 Å². The molecule has 0 aromatic heterocycles. The van der Waals surface area contributed by atoms with Gasteiger partial charge in [0.15, 0.2) is 6.29 Å². The molecule has 0 bridgehead atoms. The SMILES string of the molecule is CO[C@@H](C=O)/C=C(\C)I. The first-order valence-electron chi connectivity index (χ1n) is 2.52. The molecule has 0 radical (unpaired) electrons. The Morgan fingerprint density at radius 3 is 2.44 bits per heavy atom. The number of ether oxygens (including phenoxy) is 1. The first-order chi connectivity index (χ1) is 4.20. The van der Waals surface area contributed by atoms with Crippen LogP contribution in [0.5, 0.6) is 0 Å².